The topological polar surface area (TPSA) is 107 Å². The van der Waals surface area contributed by atoms with Crippen LogP contribution in [0.1, 0.15) is 52.6 Å². The molecule has 1 aromatic carbocycles. The molecule has 1 atom stereocenters. The van der Waals surface area contributed by atoms with Crippen LogP contribution in [0.25, 0.3) is 0 Å². The average molecular weight is 343 g/mol. The number of carbonyl (C=O) groups is 1. The van der Waals surface area contributed by atoms with Crippen molar-refractivity contribution in [3.63, 3.8) is 0 Å². The number of nitrogen functional groups attached to an aromatic ring is 1. The molecule has 3 aromatic rings. The molecule has 0 aliphatic heterocycles. The summed E-state index contributed by atoms with van der Waals surface area (Å²) >= 11 is 1.23. The van der Waals surface area contributed by atoms with Gasteiger partial charge in [0.1, 0.15) is 16.8 Å². The molecule has 0 unspecified atom stereocenters. The molecular weight excluding hydrogens is 326 g/mol. The number of rotatable bonds is 5. The first-order valence-electron chi connectivity index (χ1n) is 7.46. The van der Waals surface area contributed by atoms with E-state index in [1.165, 1.54) is 11.3 Å². The number of hydrogen-bond donors (Lipinski definition) is 2. The monoisotopic (exact) mass is 343 g/mol. The highest BCUT2D eigenvalue weighted by Crippen LogP contribution is 2.26. The van der Waals surface area contributed by atoms with Gasteiger partial charge in [-0.1, -0.05) is 60.7 Å². The average Bonchev–Trinajstić information content (AvgIpc) is 3.22. The molecule has 24 heavy (non-hydrogen) atoms. The van der Waals surface area contributed by atoms with Crippen molar-refractivity contribution in [3.8, 4) is 0 Å². The Kier molecular flexibility index (Phi) is 4.57. The summed E-state index contributed by atoms with van der Waals surface area (Å²) < 4.78 is 5.19. The standard InChI is InChI=1S/C16H17N5O2S/c1-9(2)12-8-11(21-23-12)14(22)18-13(10-6-4-3-5-7-10)15-19-20-16(17)24-15/h3-9,13H,1-2H3,(H2,17,20)(H,18,22)/t13-/m0/s1. The van der Waals surface area contributed by atoms with E-state index in [4.69, 9.17) is 10.3 Å². The van der Waals surface area contributed by atoms with E-state index >= 15 is 0 Å². The Balaban J connectivity index is 1.87. The molecule has 0 spiro atoms. The summed E-state index contributed by atoms with van der Waals surface area (Å²) in [5.41, 5.74) is 6.80. The van der Waals surface area contributed by atoms with Crippen molar-refractivity contribution in [2.45, 2.75) is 25.8 Å². The molecule has 0 fully saturated rings. The summed E-state index contributed by atoms with van der Waals surface area (Å²) in [6, 6.07) is 10.7. The molecule has 0 bridgehead atoms. The van der Waals surface area contributed by atoms with Gasteiger partial charge in [0.2, 0.25) is 5.13 Å². The van der Waals surface area contributed by atoms with Crippen LogP contribution in [0.4, 0.5) is 5.13 Å². The number of carbonyl (C=O) groups excluding carboxylic acids is 1. The smallest absolute Gasteiger partial charge is 0.274 e. The lowest BCUT2D eigenvalue weighted by atomic mass is 10.1. The van der Waals surface area contributed by atoms with Crippen molar-refractivity contribution in [1.82, 2.24) is 20.7 Å². The van der Waals surface area contributed by atoms with Gasteiger partial charge in [0.05, 0.1) is 0 Å². The van der Waals surface area contributed by atoms with E-state index in [0.29, 0.717) is 15.9 Å². The van der Waals surface area contributed by atoms with Crippen LogP contribution in [0.5, 0.6) is 0 Å². The minimum Gasteiger partial charge on any atom is -0.374 e. The van der Waals surface area contributed by atoms with Crippen molar-refractivity contribution >= 4 is 22.4 Å². The maximum Gasteiger partial charge on any atom is 0.274 e. The maximum atomic E-state index is 12.5. The molecule has 0 saturated heterocycles. The van der Waals surface area contributed by atoms with Gasteiger partial charge in [-0.25, -0.2) is 0 Å². The molecule has 8 heteroatoms. The van der Waals surface area contributed by atoms with Crippen molar-refractivity contribution in [1.29, 1.82) is 0 Å². The quantitative estimate of drug-likeness (QED) is 0.737. The zero-order valence-electron chi connectivity index (χ0n) is 13.3. The van der Waals surface area contributed by atoms with E-state index < -0.39 is 6.04 Å². The first kappa shape index (κ1) is 16.1. The van der Waals surface area contributed by atoms with E-state index in [-0.39, 0.29) is 17.5 Å². The third-order valence-corrected chi connectivity index (χ3v) is 4.26. The Labute approximate surface area is 142 Å². The molecule has 124 valence electrons. The minimum absolute atomic E-state index is 0.159. The summed E-state index contributed by atoms with van der Waals surface area (Å²) in [4.78, 5) is 12.5. The fourth-order valence-electron chi connectivity index (χ4n) is 2.17. The fraction of sp³-hybridized carbons (Fsp3) is 0.250. The number of hydrogen-bond acceptors (Lipinski definition) is 7. The van der Waals surface area contributed by atoms with Gasteiger partial charge in [-0.05, 0) is 5.56 Å². The van der Waals surface area contributed by atoms with Crippen molar-refractivity contribution in [2.75, 3.05) is 5.73 Å². The zero-order chi connectivity index (χ0) is 17.1. The lowest BCUT2D eigenvalue weighted by Crippen LogP contribution is -2.29. The number of aromatic nitrogens is 3. The Morgan fingerprint density at radius 3 is 2.58 bits per heavy atom. The molecule has 1 amide bonds. The lowest BCUT2D eigenvalue weighted by molar-refractivity contribution is 0.0933. The van der Waals surface area contributed by atoms with Gasteiger partial charge in [0, 0.05) is 12.0 Å². The van der Waals surface area contributed by atoms with Gasteiger partial charge in [0.25, 0.3) is 5.91 Å². The van der Waals surface area contributed by atoms with Gasteiger partial charge >= 0.3 is 0 Å². The van der Waals surface area contributed by atoms with Crippen LogP contribution in [0.3, 0.4) is 0 Å². The molecule has 0 aliphatic rings. The molecule has 0 saturated carbocycles. The summed E-state index contributed by atoms with van der Waals surface area (Å²) in [7, 11) is 0. The van der Waals surface area contributed by atoms with E-state index in [2.05, 4.69) is 20.7 Å². The van der Waals surface area contributed by atoms with Gasteiger partial charge < -0.3 is 15.6 Å². The first-order chi connectivity index (χ1) is 11.5. The maximum absolute atomic E-state index is 12.5. The van der Waals surface area contributed by atoms with Gasteiger partial charge in [-0.2, -0.15) is 0 Å². The summed E-state index contributed by atoms with van der Waals surface area (Å²) in [5.74, 6) is 0.483. The van der Waals surface area contributed by atoms with Crippen molar-refractivity contribution in [3.05, 3.63) is 58.4 Å². The van der Waals surface area contributed by atoms with Crippen LogP contribution in [0, 0.1) is 0 Å². The van der Waals surface area contributed by atoms with Gasteiger partial charge in [-0.3, -0.25) is 4.79 Å². The van der Waals surface area contributed by atoms with Crippen LogP contribution in [0.2, 0.25) is 0 Å². The second-order valence-electron chi connectivity index (χ2n) is 5.56. The normalized spacial score (nSPS) is 12.3. The largest absolute Gasteiger partial charge is 0.374 e. The third-order valence-electron chi connectivity index (χ3n) is 3.44. The number of nitrogens with two attached hydrogens (primary N) is 1. The van der Waals surface area contributed by atoms with E-state index in [1.807, 2.05) is 44.2 Å². The highest BCUT2D eigenvalue weighted by molar-refractivity contribution is 7.15. The number of benzene rings is 1. The predicted molar refractivity (Wildman–Crippen MR) is 90.7 cm³/mol. The van der Waals surface area contributed by atoms with Crippen LogP contribution in [0.15, 0.2) is 40.9 Å². The SMILES string of the molecule is CC(C)c1cc(C(=O)N[C@@H](c2ccccc2)c2nnc(N)s2)no1. The molecule has 2 heterocycles. The van der Waals surface area contributed by atoms with Crippen LogP contribution < -0.4 is 11.1 Å². The van der Waals surface area contributed by atoms with Crippen molar-refractivity contribution in [2.24, 2.45) is 0 Å². The number of anilines is 1. The molecular formula is C16H17N5O2S. The van der Waals surface area contributed by atoms with E-state index in [1.54, 1.807) is 6.07 Å². The molecule has 3 N–H and O–H groups in total. The summed E-state index contributed by atoms with van der Waals surface area (Å²) in [5, 5.41) is 15.6. The van der Waals surface area contributed by atoms with Crippen LogP contribution in [-0.2, 0) is 0 Å². The van der Waals surface area contributed by atoms with Crippen molar-refractivity contribution < 1.29 is 9.32 Å². The van der Waals surface area contributed by atoms with Gasteiger partial charge in [-0.15, -0.1) is 10.2 Å². The van der Waals surface area contributed by atoms with E-state index in [0.717, 1.165) is 5.56 Å². The predicted octanol–water partition coefficient (Wildman–Crippen LogP) is 2.75. The number of amides is 1. The summed E-state index contributed by atoms with van der Waals surface area (Å²) in [6.45, 7) is 3.94. The second kappa shape index (κ2) is 6.79. The highest BCUT2D eigenvalue weighted by atomic mass is 32.1. The second-order valence-corrected chi connectivity index (χ2v) is 6.61. The lowest BCUT2D eigenvalue weighted by Gasteiger charge is -2.15. The third kappa shape index (κ3) is 3.43. The Hall–Kier alpha value is -2.74. The molecule has 0 radical (unpaired) electrons. The Morgan fingerprint density at radius 2 is 2.00 bits per heavy atom. The molecule has 7 nitrogen and oxygen atoms in total. The Morgan fingerprint density at radius 1 is 1.25 bits per heavy atom. The van der Waals surface area contributed by atoms with Gasteiger partial charge in [0.15, 0.2) is 5.69 Å². The first-order valence-corrected chi connectivity index (χ1v) is 8.27. The number of nitrogens with zero attached hydrogens (tertiary/aromatic N) is 3. The molecule has 0 aliphatic carbocycles. The molecule has 2 aromatic heterocycles. The fourth-order valence-corrected chi connectivity index (χ4v) is 2.86. The van der Waals surface area contributed by atoms with Crippen LogP contribution >= 0.6 is 11.3 Å². The number of nitrogens with one attached hydrogen (secondary N) is 1. The summed E-state index contributed by atoms with van der Waals surface area (Å²) in [6.07, 6.45) is 0. The minimum atomic E-state index is -0.451. The van der Waals surface area contributed by atoms with Crippen LogP contribution in [-0.4, -0.2) is 21.3 Å². The zero-order valence-corrected chi connectivity index (χ0v) is 14.1. The highest BCUT2D eigenvalue weighted by Gasteiger charge is 2.23. The van der Waals surface area contributed by atoms with E-state index in [9.17, 15) is 4.79 Å². The Bertz CT molecular complexity index is 828. The molecule has 3 rings (SSSR count).